The summed E-state index contributed by atoms with van der Waals surface area (Å²) >= 11 is 2.21. The van der Waals surface area contributed by atoms with Gasteiger partial charge in [-0.25, -0.2) is 0 Å². The first-order valence-electron chi connectivity index (χ1n) is 2.06. The van der Waals surface area contributed by atoms with Crippen molar-refractivity contribution in [1.29, 1.82) is 0 Å². The third-order valence-electron chi connectivity index (χ3n) is 0.530. The summed E-state index contributed by atoms with van der Waals surface area (Å²) in [6, 6.07) is 0. The minimum absolute atomic E-state index is 0. The number of unbranched alkanes of at least 4 members (excludes halogenated alkanes) is 1. The van der Waals surface area contributed by atoms with Crippen molar-refractivity contribution in [2.75, 3.05) is 0 Å². The van der Waals surface area contributed by atoms with Crippen molar-refractivity contribution < 1.29 is 57.7 Å². The first-order chi connectivity index (χ1) is 2.41. The Bertz CT molecular complexity index is 18.8. The van der Waals surface area contributed by atoms with E-state index in [0.717, 1.165) is 0 Å². The summed E-state index contributed by atoms with van der Waals surface area (Å²) in [5, 5.41) is 0. The molecule has 50 valence electrons. The van der Waals surface area contributed by atoms with Crippen LogP contribution in [0.1, 0.15) is 19.8 Å². The molecule has 0 unspecified atom stereocenters. The largest absolute Gasteiger partial charge is 1.00 e. The smallest absolute Gasteiger partial charge is 1.00 e. The molecule has 0 aliphatic rings. The number of halogens is 3. The van der Waals surface area contributed by atoms with E-state index in [0.29, 0.717) is 0 Å². The van der Waals surface area contributed by atoms with Gasteiger partial charge in [0.25, 0.3) is 0 Å². The van der Waals surface area contributed by atoms with Gasteiger partial charge in [-0.1, -0.05) is 0 Å². The summed E-state index contributed by atoms with van der Waals surface area (Å²) in [7, 11) is 0. The summed E-state index contributed by atoms with van der Waals surface area (Å²) in [6.45, 7) is 2.21. The average molecular weight is 211 g/mol. The molecule has 0 atom stereocenters. The van der Waals surface area contributed by atoms with Crippen molar-refractivity contribution >= 4 is 0 Å². The Labute approximate surface area is 81.8 Å². The van der Waals surface area contributed by atoms with Crippen LogP contribution in [-0.4, -0.2) is 0 Å². The molecule has 0 fully saturated rings. The van der Waals surface area contributed by atoms with Gasteiger partial charge in [0.2, 0.25) is 0 Å². The molecule has 0 aromatic carbocycles. The normalized spacial score (nSPS) is 5.38. The third-order valence-corrected chi connectivity index (χ3v) is 1.08. The quantitative estimate of drug-likeness (QED) is 0.398. The van der Waals surface area contributed by atoms with Crippen molar-refractivity contribution in [2.45, 2.75) is 24.5 Å². The summed E-state index contributed by atoms with van der Waals surface area (Å²) in [5.74, 6) is 0. The second-order valence-electron chi connectivity index (χ2n) is 1.10. The van der Waals surface area contributed by atoms with Crippen LogP contribution >= 0.6 is 0 Å². The fourth-order valence-electron chi connectivity index (χ4n) is 0.177. The fraction of sp³-hybridized carbons (Fsp3) is 1.00. The van der Waals surface area contributed by atoms with Gasteiger partial charge in [-0.05, 0) is 0 Å². The Kier molecular flexibility index (Phi) is 66.5. The van der Waals surface area contributed by atoms with Crippen molar-refractivity contribution in [3.8, 4) is 0 Å². The monoisotopic (exact) mass is 210 g/mol. The van der Waals surface area contributed by atoms with E-state index >= 15 is 0 Å². The second-order valence-corrected chi connectivity index (χ2v) is 1.88. The molecule has 0 rings (SSSR count). The van der Waals surface area contributed by atoms with E-state index in [2.05, 4.69) is 27.4 Å². The molecule has 0 aromatic rings. The van der Waals surface area contributed by atoms with Crippen molar-refractivity contribution in [2.24, 2.45) is 0 Å². The zero-order chi connectivity index (χ0) is 4.12. The van der Waals surface area contributed by atoms with Crippen LogP contribution in [0.5, 0.6) is 0 Å². The molecule has 0 radical (unpaired) electrons. The van der Waals surface area contributed by atoms with Crippen LogP contribution in [0.25, 0.3) is 0 Å². The maximum Gasteiger partial charge on any atom is -1.00 e. The van der Waals surface area contributed by atoms with Gasteiger partial charge >= 0.3 is 44.9 Å². The molecule has 4 heteroatoms. The predicted molar refractivity (Wildman–Crippen MR) is 19.7 cm³/mol. The van der Waals surface area contributed by atoms with E-state index in [1.807, 2.05) is 0 Å². The van der Waals surface area contributed by atoms with Crippen LogP contribution in [0, 0.1) is 0 Å². The first-order valence-corrected chi connectivity index (χ1v) is 3.16. The van der Waals surface area contributed by atoms with E-state index in [4.69, 9.17) is 0 Å². The van der Waals surface area contributed by atoms with Gasteiger partial charge in [0, 0.05) is 0 Å². The molecule has 0 saturated heterocycles. The van der Waals surface area contributed by atoms with Crippen molar-refractivity contribution in [1.82, 2.24) is 0 Å². The van der Waals surface area contributed by atoms with Crippen LogP contribution < -0.4 is 37.2 Å². The van der Waals surface area contributed by atoms with Gasteiger partial charge in [-0.15, -0.1) is 0 Å². The molecular weight excluding hydrogens is 202 g/mol. The predicted octanol–water partition coefficient (Wildman–Crippen LogP) is -7.24. The Hall–Kier alpha value is 1.58. The van der Waals surface area contributed by atoms with Gasteiger partial charge in [-0.2, -0.15) is 0 Å². The van der Waals surface area contributed by atoms with E-state index in [1.54, 1.807) is 0 Å². The van der Waals surface area contributed by atoms with E-state index in [9.17, 15) is 0 Å². The number of hydrogen-bond donors (Lipinski definition) is 0. The Morgan fingerprint density at radius 2 is 1.50 bits per heavy atom. The maximum atomic E-state index is 2.21. The molecule has 0 amide bonds. The molecule has 0 saturated carbocycles. The van der Waals surface area contributed by atoms with E-state index in [-0.39, 0.29) is 37.2 Å². The Morgan fingerprint density at radius 1 is 1.12 bits per heavy atom. The number of rotatable bonds is 2. The molecule has 0 aliphatic heterocycles. The molecule has 0 heterocycles. The van der Waals surface area contributed by atoms with Gasteiger partial charge < -0.3 is 37.2 Å². The van der Waals surface area contributed by atoms with Gasteiger partial charge in [0.05, 0.1) is 0 Å². The van der Waals surface area contributed by atoms with Crippen LogP contribution in [0.15, 0.2) is 0 Å². The maximum absolute atomic E-state index is 2.21. The second kappa shape index (κ2) is 23.5. The molecular formula is C4H9Cl3Ti. The molecule has 0 nitrogen and oxygen atoms in total. The van der Waals surface area contributed by atoms with E-state index in [1.165, 1.54) is 17.6 Å². The summed E-state index contributed by atoms with van der Waals surface area (Å²) in [5.41, 5.74) is 0. The fourth-order valence-corrected chi connectivity index (χ4v) is 0.729. The summed E-state index contributed by atoms with van der Waals surface area (Å²) < 4.78 is 1.34. The van der Waals surface area contributed by atoms with Crippen molar-refractivity contribution in [3.63, 3.8) is 0 Å². The summed E-state index contributed by atoms with van der Waals surface area (Å²) in [6.07, 6.45) is 2.73. The number of hydrogen-bond acceptors (Lipinski definition) is 0. The van der Waals surface area contributed by atoms with E-state index < -0.39 is 0 Å². The van der Waals surface area contributed by atoms with Crippen LogP contribution in [0.4, 0.5) is 0 Å². The molecule has 8 heavy (non-hydrogen) atoms. The van der Waals surface area contributed by atoms with Gasteiger partial charge in [0.1, 0.15) is 0 Å². The standard InChI is InChI=1S/C4H9.3ClH.Ti/c1-3-4-2;;;;/h1,3-4H2,2H3;3*1H;/q;;;;+3/p-3. The third kappa shape index (κ3) is 25.6. The SMILES string of the molecule is CCC[CH2][Ti+3].[Cl-].[Cl-].[Cl-]. The minimum Gasteiger partial charge on any atom is -1.00 e. The first kappa shape index (κ1) is 22.6. The van der Waals surface area contributed by atoms with Gasteiger partial charge in [0.15, 0.2) is 0 Å². The molecule has 0 aliphatic carbocycles. The molecule has 0 bridgehead atoms. The zero-order valence-corrected chi connectivity index (χ0v) is 8.58. The molecule has 0 aromatic heterocycles. The van der Waals surface area contributed by atoms with Crippen LogP contribution in [0.3, 0.4) is 0 Å². The zero-order valence-electron chi connectivity index (χ0n) is 4.76. The van der Waals surface area contributed by atoms with Crippen LogP contribution in [-0.2, 0) is 20.4 Å². The Morgan fingerprint density at radius 3 is 1.50 bits per heavy atom. The molecule has 0 spiro atoms. The van der Waals surface area contributed by atoms with Gasteiger partial charge in [-0.3, -0.25) is 0 Å². The van der Waals surface area contributed by atoms with Crippen LogP contribution in [0.2, 0.25) is 4.73 Å². The Balaban J connectivity index is -0.0000000267. The van der Waals surface area contributed by atoms with Crippen molar-refractivity contribution in [3.05, 3.63) is 0 Å². The molecule has 0 N–H and O–H groups in total. The average Bonchev–Trinajstić information content (AvgIpc) is 1.41. The summed E-state index contributed by atoms with van der Waals surface area (Å²) in [4.78, 5) is 0. The minimum atomic E-state index is 0. The topological polar surface area (TPSA) is 0 Å².